The normalized spacial score (nSPS) is 12.6. The van der Waals surface area contributed by atoms with Crippen LogP contribution < -0.4 is 5.32 Å². The Morgan fingerprint density at radius 1 is 1.14 bits per heavy atom. The Hall–Kier alpha value is -1.19. The number of rotatable bonds is 10. The van der Waals surface area contributed by atoms with Crippen molar-refractivity contribution in [3.05, 3.63) is 35.4 Å². The Kier molecular flexibility index (Phi) is 8.24. The molecule has 0 radical (unpaired) electrons. The van der Waals surface area contributed by atoms with E-state index in [-0.39, 0.29) is 11.8 Å². The van der Waals surface area contributed by atoms with Crippen LogP contribution in [0.15, 0.2) is 24.3 Å². The average molecular weight is 290 g/mol. The Morgan fingerprint density at radius 3 is 2.29 bits per heavy atom. The van der Waals surface area contributed by atoms with Gasteiger partial charge in [-0.2, -0.15) is 0 Å². The van der Waals surface area contributed by atoms with E-state index in [1.807, 2.05) is 31.2 Å². The molecule has 3 heteroatoms. The van der Waals surface area contributed by atoms with E-state index in [1.54, 1.807) is 0 Å². The van der Waals surface area contributed by atoms with Crippen molar-refractivity contribution < 1.29 is 4.79 Å². The monoisotopic (exact) mass is 290 g/mol. The summed E-state index contributed by atoms with van der Waals surface area (Å²) in [6, 6.07) is 7.85. The Balaban J connectivity index is 2.36. The van der Waals surface area contributed by atoms with Gasteiger partial charge in [-0.1, -0.05) is 45.0 Å². The lowest BCUT2D eigenvalue weighted by atomic mass is 10.0. The predicted molar refractivity (Wildman–Crippen MR) is 90.0 cm³/mol. The van der Waals surface area contributed by atoms with Gasteiger partial charge in [-0.05, 0) is 51.5 Å². The molecule has 0 bridgehead atoms. The van der Waals surface area contributed by atoms with Gasteiger partial charge in [0.25, 0.3) is 0 Å². The summed E-state index contributed by atoms with van der Waals surface area (Å²) in [6.45, 7) is 12.6. The molecule has 0 saturated heterocycles. The maximum atomic E-state index is 12.3. The van der Waals surface area contributed by atoms with Gasteiger partial charge in [-0.25, -0.2) is 0 Å². The highest BCUT2D eigenvalue weighted by Gasteiger charge is 2.14. The molecule has 1 N–H and O–H groups in total. The molecule has 1 atom stereocenters. The van der Waals surface area contributed by atoms with Crippen LogP contribution >= 0.6 is 0 Å². The van der Waals surface area contributed by atoms with Crippen molar-refractivity contribution in [1.82, 2.24) is 10.2 Å². The zero-order valence-electron chi connectivity index (χ0n) is 14.0. The van der Waals surface area contributed by atoms with Gasteiger partial charge in [0, 0.05) is 5.56 Å². The fourth-order valence-corrected chi connectivity index (χ4v) is 2.41. The maximum absolute atomic E-state index is 12.3. The molecule has 1 aromatic carbocycles. The molecular formula is C18H30N2O. The van der Waals surface area contributed by atoms with Gasteiger partial charge in [0.2, 0.25) is 0 Å². The third-order valence-corrected chi connectivity index (χ3v) is 4.04. The molecule has 0 aliphatic carbocycles. The molecule has 1 aromatic rings. The average Bonchev–Trinajstić information content (AvgIpc) is 2.54. The summed E-state index contributed by atoms with van der Waals surface area (Å²) in [7, 11) is 0. The third-order valence-electron chi connectivity index (χ3n) is 4.04. The van der Waals surface area contributed by atoms with E-state index in [9.17, 15) is 4.79 Å². The largest absolute Gasteiger partial charge is 0.307 e. The SMILES string of the molecule is CCc1ccc(C(=O)C(C)NCCCN(CC)CC)cc1. The fourth-order valence-electron chi connectivity index (χ4n) is 2.41. The van der Waals surface area contributed by atoms with Gasteiger partial charge < -0.3 is 10.2 Å². The van der Waals surface area contributed by atoms with Crippen molar-refractivity contribution in [2.45, 2.75) is 46.6 Å². The Labute approximate surface area is 129 Å². The van der Waals surface area contributed by atoms with Crippen molar-refractivity contribution in [3.63, 3.8) is 0 Å². The molecular weight excluding hydrogens is 260 g/mol. The number of aryl methyl sites for hydroxylation is 1. The molecule has 0 fully saturated rings. The Bertz CT molecular complexity index is 410. The number of benzene rings is 1. The lowest BCUT2D eigenvalue weighted by Crippen LogP contribution is -2.36. The number of hydrogen-bond donors (Lipinski definition) is 1. The van der Waals surface area contributed by atoms with Crippen molar-refractivity contribution in [1.29, 1.82) is 0 Å². The smallest absolute Gasteiger partial charge is 0.179 e. The van der Waals surface area contributed by atoms with E-state index >= 15 is 0 Å². The number of hydrogen-bond acceptors (Lipinski definition) is 3. The second-order valence-electron chi connectivity index (χ2n) is 5.47. The lowest BCUT2D eigenvalue weighted by Gasteiger charge is -2.19. The first-order valence-electron chi connectivity index (χ1n) is 8.21. The summed E-state index contributed by atoms with van der Waals surface area (Å²) in [5, 5.41) is 3.34. The van der Waals surface area contributed by atoms with Gasteiger partial charge in [0.1, 0.15) is 0 Å². The van der Waals surface area contributed by atoms with Gasteiger partial charge in [-0.3, -0.25) is 4.79 Å². The van der Waals surface area contributed by atoms with Crippen LogP contribution in [-0.4, -0.2) is 42.9 Å². The second-order valence-corrected chi connectivity index (χ2v) is 5.47. The van der Waals surface area contributed by atoms with Crippen LogP contribution in [0.4, 0.5) is 0 Å². The molecule has 3 nitrogen and oxygen atoms in total. The molecule has 0 saturated carbocycles. The van der Waals surface area contributed by atoms with E-state index in [0.717, 1.165) is 44.6 Å². The van der Waals surface area contributed by atoms with Crippen LogP contribution in [0.25, 0.3) is 0 Å². The van der Waals surface area contributed by atoms with E-state index in [4.69, 9.17) is 0 Å². The summed E-state index contributed by atoms with van der Waals surface area (Å²) in [5.74, 6) is 0.181. The molecule has 21 heavy (non-hydrogen) atoms. The first-order chi connectivity index (χ1) is 10.1. The van der Waals surface area contributed by atoms with Crippen LogP contribution in [0, 0.1) is 0 Å². The van der Waals surface area contributed by atoms with Crippen LogP contribution in [0.5, 0.6) is 0 Å². The van der Waals surface area contributed by atoms with Gasteiger partial charge >= 0.3 is 0 Å². The first-order valence-corrected chi connectivity index (χ1v) is 8.21. The minimum atomic E-state index is -0.117. The Morgan fingerprint density at radius 2 is 1.76 bits per heavy atom. The van der Waals surface area contributed by atoms with Gasteiger partial charge in [0.15, 0.2) is 5.78 Å². The summed E-state index contributed by atoms with van der Waals surface area (Å²) in [6.07, 6.45) is 2.09. The molecule has 1 unspecified atom stereocenters. The van der Waals surface area contributed by atoms with Gasteiger partial charge in [-0.15, -0.1) is 0 Å². The summed E-state index contributed by atoms with van der Waals surface area (Å²) in [5.41, 5.74) is 2.07. The highest BCUT2D eigenvalue weighted by atomic mass is 16.1. The van der Waals surface area contributed by atoms with Crippen LogP contribution in [0.1, 0.15) is 50.0 Å². The number of nitrogens with zero attached hydrogens (tertiary/aromatic N) is 1. The lowest BCUT2D eigenvalue weighted by molar-refractivity contribution is 0.0950. The topological polar surface area (TPSA) is 32.3 Å². The van der Waals surface area contributed by atoms with E-state index in [1.165, 1.54) is 5.56 Å². The molecule has 0 heterocycles. The molecule has 0 aliphatic rings. The third kappa shape index (κ3) is 5.98. The summed E-state index contributed by atoms with van der Waals surface area (Å²) in [4.78, 5) is 14.7. The number of carbonyl (C=O) groups excluding carboxylic acids is 1. The number of nitrogens with one attached hydrogen (secondary N) is 1. The minimum absolute atomic E-state index is 0.117. The van der Waals surface area contributed by atoms with Crippen molar-refractivity contribution in [2.24, 2.45) is 0 Å². The first kappa shape index (κ1) is 17.9. The maximum Gasteiger partial charge on any atom is 0.179 e. The van der Waals surface area contributed by atoms with Crippen molar-refractivity contribution in [3.8, 4) is 0 Å². The van der Waals surface area contributed by atoms with Crippen molar-refractivity contribution >= 4 is 5.78 Å². The molecule has 1 rings (SSSR count). The molecule has 0 spiro atoms. The predicted octanol–water partition coefficient (Wildman–Crippen LogP) is 3.14. The standard InChI is InChI=1S/C18H30N2O/c1-5-16-9-11-17(12-10-16)18(21)15(4)19-13-8-14-20(6-2)7-3/h9-12,15,19H,5-8,13-14H2,1-4H3. The van der Waals surface area contributed by atoms with E-state index in [0.29, 0.717) is 0 Å². The van der Waals surface area contributed by atoms with Crippen LogP contribution in [0.3, 0.4) is 0 Å². The van der Waals surface area contributed by atoms with Gasteiger partial charge in [0.05, 0.1) is 6.04 Å². The minimum Gasteiger partial charge on any atom is -0.307 e. The highest BCUT2D eigenvalue weighted by Crippen LogP contribution is 2.07. The number of ketones is 1. The summed E-state index contributed by atoms with van der Waals surface area (Å²) < 4.78 is 0. The zero-order chi connectivity index (χ0) is 15.7. The number of carbonyl (C=O) groups is 1. The fraction of sp³-hybridized carbons (Fsp3) is 0.611. The molecule has 118 valence electrons. The van der Waals surface area contributed by atoms with Crippen molar-refractivity contribution in [2.75, 3.05) is 26.2 Å². The second kappa shape index (κ2) is 9.69. The zero-order valence-corrected chi connectivity index (χ0v) is 14.0. The molecule has 0 amide bonds. The molecule has 0 aromatic heterocycles. The van der Waals surface area contributed by atoms with E-state index in [2.05, 4.69) is 31.0 Å². The van der Waals surface area contributed by atoms with Crippen LogP contribution in [0.2, 0.25) is 0 Å². The number of Topliss-reactive ketones (excluding diaryl/α,β-unsaturated/α-hetero) is 1. The molecule has 0 aliphatic heterocycles. The quantitative estimate of drug-likeness (QED) is 0.531. The highest BCUT2D eigenvalue weighted by molar-refractivity contribution is 5.99. The van der Waals surface area contributed by atoms with Crippen LogP contribution in [-0.2, 0) is 6.42 Å². The van der Waals surface area contributed by atoms with E-state index < -0.39 is 0 Å². The summed E-state index contributed by atoms with van der Waals surface area (Å²) >= 11 is 0.